The number of esters is 1. The van der Waals surface area contributed by atoms with Crippen molar-refractivity contribution in [3.63, 3.8) is 0 Å². The molecule has 6 nitrogen and oxygen atoms in total. The van der Waals surface area contributed by atoms with Crippen molar-refractivity contribution in [3.05, 3.63) is 65.7 Å². The number of hydrogen-bond donors (Lipinski definition) is 3. The van der Waals surface area contributed by atoms with Crippen molar-refractivity contribution >= 4 is 28.3 Å². The van der Waals surface area contributed by atoms with Crippen LogP contribution in [-0.4, -0.2) is 28.2 Å². The molecule has 0 aliphatic rings. The van der Waals surface area contributed by atoms with Crippen LogP contribution < -0.4 is 5.32 Å². The molecule has 3 aromatic carbocycles. The summed E-state index contributed by atoms with van der Waals surface area (Å²) in [4.78, 5) is 24.7. The molecular formula is C21H19NO5. The lowest BCUT2D eigenvalue weighted by atomic mass is 10.1. The van der Waals surface area contributed by atoms with Gasteiger partial charge in [-0.25, -0.2) is 4.79 Å². The molecule has 1 amide bonds. The van der Waals surface area contributed by atoms with E-state index in [1.165, 1.54) is 19.1 Å². The average Bonchev–Trinajstić information content (AvgIpc) is 2.66. The molecule has 0 saturated heterocycles. The summed E-state index contributed by atoms with van der Waals surface area (Å²) < 4.78 is 5.14. The molecule has 27 heavy (non-hydrogen) atoms. The predicted molar refractivity (Wildman–Crippen MR) is 102 cm³/mol. The molecule has 0 spiro atoms. The fourth-order valence-corrected chi connectivity index (χ4v) is 2.69. The minimum Gasteiger partial charge on any atom is -0.504 e. The van der Waals surface area contributed by atoms with Crippen molar-refractivity contribution in [2.45, 2.75) is 20.0 Å². The van der Waals surface area contributed by atoms with Crippen LogP contribution in [-0.2, 0) is 9.53 Å². The number of rotatable bonds is 4. The number of benzene rings is 3. The predicted octanol–water partition coefficient (Wildman–Crippen LogP) is 3.74. The Morgan fingerprint density at radius 3 is 2.44 bits per heavy atom. The first kappa shape index (κ1) is 18.3. The highest BCUT2D eigenvalue weighted by Gasteiger charge is 2.23. The van der Waals surface area contributed by atoms with E-state index in [2.05, 4.69) is 5.32 Å². The van der Waals surface area contributed by atoms with Gasteiger partial charge in [-0.15, -0.1) is 0 Å². The molecule has 0 aromatic heterocycles. The fourth-order valence-electron chi connectivity index (χ4n) is 2.69. The number of ether oxygens (including phenoxy) is 1. The third kappa shape index (κ3) is 3.69. The van der Waals surface area contributed by atoms with Crippen molar-refractivity contribution in [3.8, 4) is 11.5 Å². The van der Waals surface area contributed by atoms with Crippen LogP contribution in [0.4, 0.5) is 5.69 Å². The number of hydrogen-bond acceptors (Lipinski definition) is 5. The Bertz CT molecular complexity index is 1020. The van der Waals surface area contributed by atoms with Gasteiger partial charge in [0, 0.05) is 11.1 Å². The van der Waals surface area contributed by atoms with Gasteiger partial charge in [0.25, 0.3) is 5.91 Å². The van der Waals surface area contributed by atoms with E-state index in [4.69, 9.17) is 4.74 Å². The van der Waals surface area contributed by atoms with E-state index < -0.39 is 29.5 Å². The van der Waals surface area contributed by atoms with E-state index in [-0.39, 0.29) is 5.56 Å². The minimum atomic E-state index is -1.10. The SMILES string of the molecule is Cc1ccc(C(=O)OC(C)C(=O)Nc2cccc3ccccc23)c(O)c1O. The average molecular weight is 365 g/mol. The van der Waals surface area contributed by atoms with Gasteiger partial charge in [0.15, 0.2) is 17.6 Å². The number of amides is 1. The second-order valence-corrected chi connectivity index (χ2v) is 6.19. The normalized spacial score (nSPS) is 11.8. The Morgan fingerprint density at radius 1 is 0.963 bits per heavy atom. The van der Waals surface area contributed by atoms with Crippen LogP contribution >= 0.6 is 0 Å². The van der Waals surface area contributed by atoms with Crippen molar-refractivity contribution in [1.82, 2.24) is 0 Å². The van der Waals surface area contributed by atoms with Crippen LogP contribution in [0.25, 0.3) is 10.8 Å². The molecule has 6 heteroatoms. The summed E-state index contributed by atoms with van der Waals surface area (Å²) in [6.07, 6.45) is -1.10. The molecule has 1 atom stereocenters. The number of phenolic OH excluding ortho intramolecular Hbond substituents is 2. The summed E-state index contributed by atoms with van der Waals surface area (Å²) in [5.74, 6) is -2.36. The molecule has 0 aliphatic carbocycles. The minimum absolute atomic E-state index is 0.206. The van der Waals surface area contributed by atoms with Crippen molar-refractivity contribution in [2.24, 2.45) is 0 Å². The van der Waals surface area contributed by atoms with Crippen LogP contribution in [0.3, 0.4) is 0 Å². The molecule has 0 radical (unpaired) electrons. The van der Waals surface area contributed by atoms with E-state index in [0.29, 0.717) is 11.3 Å². The maximum absolute atomic E-state index is 12.4. The second-order valence-electron chi connectivity index (χ2n) is 6.19. The Labute approximate surface area is 156 Å². The third-order valence-electron chi connectivity index (χ3n) is 4.27. The quantitative estimate of drug-likeness (QED) is 0.483. The van der Waals surface area contributed by atoms with Gasteiger partial charge < -0.3 is 20.3 Å². The molecule has 1 unspecified atom stereocenters. The first-order valence-electron chi connectivity index (χ1n) is 8.39. The molecule has 0 fully saturated rings. The number of aryl methyl sites for hydroxylation is 1. The maximum Gasteiger partial charge on any atom is 0.342 e. The van der Waals surface area contributed by atoms with E-state index >= 15 is 0 Å². The molecule has 0 aliphatic heterocycles. The first-order valence-corrected chi connectivity index (χ1v) is 8.39. The third-order valence-corrected chi connectivity index (χ3v) is 4.27. The molecule has 0 bridgehead atoms. The summed E-state index contributed by atoms with van der Waals surface area (Å²) in [6.45, 7) is 3.02. The molecule has 138 valence electrons. The van der Waals surface area contributed by atoms with Gasteiger partial charge in [0.2, 0.25) is 0 Å². The monoisotopic (exact) mass is 365 g/mol. The highest BCUT2D eigenvalue weighted by molar-refractivity contribution is 6.04. The van der Waals surface area contributed by atoms with Gasteiger partial charge in [-0.3, -0.25) is 4.79 Å². The zero-order chi connectivity index (χ0) is 19.6. The summed E-state index contributed by atoms with van der Waals surface area (Å²) in [6, 6.07) is 15.9. The Hall–Kier alpha value is -3.54. The summed E-state index contributed by atoms with van der Waals surface area (Å²) in [5.41, 5.74) is 0.825. The topological polar surface area (TPSA) is 95.9 Å². The number of nitrogens with one attached hydrogen (secondary N) is 1. The Kier molecular flexibility index (Phi) is 4.98. The summed E-state index contributed by atoms with van der Waals surface area (Å²) in [5, 5.41) is 24.2. The maximum atomic E-state index is 12.4. The first-order chi connectivity index (χ1) is 12.9. The van der Waals surface area contributed by atoms with Gasteiger partial charge in [-0.1, -0.05) is 42.5 Å². The number of phenols is 2. The van der Waals surface area contributed by atoms with Crippen LogP contribution in [0.15, 0.2) is 54.6 Å². The Morgan fingerprint density at radius 2 is 1.67 bits per heavy atom. The Balaban J connectivity index is 1.74. The van der Waals surface area contributed by atoms with Gasteiger partial charge in [-0.05, 0) is 36.9 Å². The highest BCUT2D eigenvalue weighted by atomic mass is 16.5. The molecule has 3 N–H and O–H groups in total. The van der Waals surface area contributed by atoms with E-state index in [0.717, 1.165) is 10.8 Å². The van der Waals surface area contributed by atoms with E-state index in [1.54, 1.807) is 13.0 Å². The zero-order valence-corrected chi connectivity index (χ0v) is 14.9. The number of fused-ring (bicyclic) bond motifs is 1. The van der Waals surface area contributed by atoms with Crippen molar-refractivity contribution in [1.29, 1.82) is 0 Å². The lowest BCUT2D eigenvalue weighted by Crippen LogP contribution is -2.30. The lowest BCUT2D eigenvalue weighted by Gasteiger charge is -2.15. The highest BCUT2D eigenvalue weighted by Crippen LogP contribution is 2.32. The van der Waals surface area contributed by atoms with Gasteiger partial charge in [0.05, 0.1) is 0 Å². The van der Waals surface area contributed by atoms with E-state index in [9.17, 15) is 19.8 Å². The summed E-state index contributed by atoms with van der Waals surface area (Å²) in [7, 11) is 0. The smallest absolute Gasteiger partial charge is 0.342 e. The van der Waals surface area contributed by atoms with Gasteiger partial charge >= 0.3 is 5.97 Å². The molecule has 0 saturated carbocycles. The van der Waals surface area contributed by atoms with Crippen LogP contribution in [0.1, 0.15) is 22.8 Å². The molecule has 3 aromatic rings. The van der Waals surface area contributed by atoms with E-state index in [1.807, 2.05) is 36.4 Å². The number of aromatic hydroxyl groups is 2. The molecule has 0 heterocycles. The number of anilines is 1. The van der Waals surface area contributed by atoms with Crippen LogP contribution in [0, 0.1) is 6.92 Å². The molecular weight excluding hydrogens is 346 g/mol. The second kappa shape index (κ2) is 7.37. The number of carbonyl (C=O) groups excluding carboxylic acids is 2. The molecule has 3 rings (SSSR count). The standard InChI is InChI=1S/C21H19NO5/c1-12-10-11-16(19(24)18(12)23)21(26)27-13(2)20(25)22-17-9-5-7-14-6-3-4-8-15(14)17/h3-11,13,23-24H,1-2H3,(H,22,25). The zero-order valence-electron chi connectivity index (χ0n) is 14.9. The lowest BCUT2D eigenvalue weighted by molar-refractivity contribution is -0.123. The van der Waals surface area contributed by atoms with Crippen molar-refractivity contribution < 1.29 is 24.5 Å². The van der Waals surface area contributed by atoms with Gasteiger partial charge in [0.1, 0.15) is 5.56 Å². The van der Waals surface area contributed by atoms with Crippen LogP contribution in [0.5, 0.6) is 11.5 Å². The number of carbonyl (C=O) groups is 2. The summed E-state index contributed by atoms with van der Waals surface area (Å²) >= 11 is 0. The fraction of sp³-hybridized carbons (Fsp3) is 0.143. The largest absolute Gasteiger partial charge is 0.504 e. The van der Waals surface area contributed by atoms with Crippen LogP contribution in [0.2, 0.25) is 0 Å². The van der Waals surface area contributed by atoms with Gasteiger partial charge in [-0.2, -0.15) is 0 Å². The van der Waals surface area contributed by atoms with Crippen molar-refractivity contribution in [2.75, 3.05) is 5.32 Å².